The molecule has 3 rings (SSSR count). The normalized spacial score (nSPS) is 24.4. The maximum Gasteiger partial charge on any atom is 0.490 e. The highest BCUT2D eigenvalue weighted by atomic mass is 32.2. The van der Waals surface area contributed by atoms with Crippen LogP contribution in [0.3, 0.4) is 0 Å². The van der Waals surface area contributed by atoms with Crippen LogP contribution in [0.25, 0.3) is 0 Å². The van der Waals surface area contributed by atoms with Crippen LogP contribution in [-0.2, 0) is 14.8 Å². The monoisotopic (exact) mass is 452 g/mol. The van der Waals surface area contributed by atoms with Crippen LogP contribution in [0.1, 0.15) is 26.7 Å². The van der Waals surface area contributed by atoms with E-state index in [4.69, 9.17) is 14.6 Å². The minimum absolute atomic E-state index is 0.0874. The second-order valence-electron chi connectivity index (χ2n) is 7.77. The number of para-hydroxylation sites is 1. The van der Waals surface area contributed by atoms with Crippen LogP contribution in [0.5, 0.6) is 5.75 Å². The molecule has 0 amide bonds. The second-order valence-corrected chi connectivity index (χ2v) is 9.73. The van der Waals surface area contributed by atoms with Crippen molar-refractivity contribution in [3.8, 4) is 5.75 Å². The van der Waals surface area contributed by atoms with E-state index < -0.39 is 22.2 Å². The van der Waals surface area contributed by atoms with E-state index in [9.17, 15) is 21.6 Å². The molecule has 0 spiro atoms. The number of alkyl halides is 3. The summed E-state index contributed by atoms with van der Waals surface area (Å²) in [7, 11) is -1.80. The molecule has 1 saturated heterocycles. The van der Waals surface area contributed by atoms with E-state index in [2.05, 4.69) is 18.7 Å². The first-order chi connectivity index (χ1) is 13.8. The van der Waals surface area contributed by atoms with Gasteiger partial charge in [-0.05, 0) is 37.4 Å². The van der Waals surface area contributed by atoms with Crippen molar-refractivity contribution in [3.63, 3.8) is 0 Å². The zero-order chi connectivity index (χ0) is 22.7. The molecule has 0 unspecified atom stereocenters. The van der Waals surface area contributed by atoms with Crippen molar-refractivity contribution >= 4 is 16.0 Å². The van der Waals surface area contributed by atoms with Gasteiger partial charge in [-0.1, -0.05) is 26.0 Å². The second kappa shape index (κ2) is 9.52. The summed E-state index contributed by atoms with van der Waals surface area (Å²) in [5, 5.41) is 7.12. The Morgan fingerprint density at radius 2 is 1.80 bits per heavy atom. The maximum atomic E-state index is 12.9. The molecule has 0 radical (unpaired) electrons. The number of nitrogens with zero attached hydrogens (tertiary/aromatic N) is 2. The lowest BCUT2D eigenvalue weighted by molar-refractivity contribution is -0.192. The molecular weight excluding hydrogens is 425 g/mol. The Labute approximate surface area is 174 Å². The van der Waals surface area contributed by atoms with E-state index in [0.29, 0.717) is 11.7 Å². The molecule has 2 aliphatic heterocycles. The number of rotatable bonds is 2. The number of ether oxygens (including phenoxy) is 1. The van der Waals surface area contributed by atoms with E-state index >= 15 is 0 Å². The van der Waals surface area contributed by atoms with Gasteiger partial charge >= 0.3 is 12.1 Å². The number of halogens is 3. The third-order valence-electron chi connectivity index (χ3n) is 5.02. The molecule has 2 aliphatic rings. The van der Waals surface area contributed by atoms with Crippen LogP contribution in [0.4, 0.5) is 13.2 Å². The number of sulfonamides is 1. The quantitative estimate of drug-likeness (QED) is 0.743. The number of carbonyl (C=O) groups is 1. The Kier molecular flexibility index (Phi) is 7.75. The Balaban J connectivity index is 0.000000396. The summed E-state index contributed by atoms with van der Waals surface area (Å²) < 4.78 is 65.2. The van der Waals surface area contributed by atoms with Crippen molar-refractivity contribution in [2.24, 2.45) is 5.92 Å². The van der Waals surface area contributed by atoms with E-state index in [1.807, 2.05) is 6.07 Å². The largest absolute Gasteiger partial charge is 0.490 e. The molecule has 0 saturated carbocycles. The molecule has 1 aromatic carbocycles. The number of fused-ring (bicyclic) bond motifs is 2. The third-order valence-corrected chi connectivity index (χ3v) is 6.94. The lowest BCUT2D eigenvalue weighted by Crippen LogP contribution is -2.44. The van der Waals surface area contributed by atoms with Crippen molar-refractivity contribution in [3.05, 3.63) is 24.3 Å². The summed E-state index contributed by atoms with van der Waals surface area (Å²) >= 11 is 0. The van der Waals surface area contributed by atoms with Gasteiger partial charge in [0, 0.05) is 20.1 Å². The van der Waals surface area contributed by atoms with Gasteiger partial charge in [-0.2, -0.15) is 17.5 Å². The molecule has 1 N–H and O–H groups in total. The number of carboxylic acids is 1. The van der Waals surface area contributed by atoms with Crippen LogP contribution < -0.4 is 4.74 Å². The van der Waals surface area contributed by atoms with E-state index in [1.165, 1.54) is 4.31 Å². The Morgan fingerprint density at radius 1 is 1.23 bits per heavy atom. The Hall–Kier alpha value is -1.85. The molecule has 0 aromatic heterocycles. The Morgan fingerprint density at radius 3 is 2.37 bits per heavy atom. The summed E-state index contributed by atoms with van der Waals surface area (Å²) in [4.78, 5) is 11.6. The predicted molar refractivity (Wildman–Crippen MR) is 104 cm³/mol. The topological polar surface area (TPSA) is 87.2 Å². The fourth-order valence-corrected chi connectivity index (χ4v) is 5.15. The SMILES string of the molecule is CC(C)CN1CC[C@@H]2Oc3ccccc3S(=O)(=O)N(C)[C@H]2CC1.O=C(O)C(F)(F)F. The number of hydrogen-bond acceptors (Lipinski definition) is 5. The number of hydrogen-bond donors (Lipinski definition) is 1. The molecular formula is C19H27F3N2O5S. The number of aliphatic carboxylic acids is 1. The van der Waals surface area contributed by atoms with Gasteiger partial charge in [-0.15, -0.1) is 0 Å². The van der Waals surface area contributed by atoms with Gasteiger partial charge in [-0.25, -0.2) is 13.2 Å². The molecule has 1 fully saturated rings. The summed E-state index contributed by atoms with van der Waals surface area (Å²) in [5.74, 6) is -1.65. The van der Waals surface area contributed by atoms with Crippen molar-refractivity contribution in [2.75, 3.05) is 26.7 Å². The number of benzene rings is 1. The first-order valence-corrected chi connectivity index (χ1v) is 11.0. The number of likely N-dealkylation sites (tertiary alicyclic amines) is 1. The van der Waals surface area contributed by atoms with E-state index in [0.717, 1.165) is 32.5 Å². The average molecular weight is 452 g/mol. The lowest BCUT2D eigenvalue weighted by atomic mass is 10.1. The number of likely N-dealkylation sites (N-methyl/N-ethyl adjacent to an activating group) is 1. The van der Waals surface area contributed by atoms with Gasteiger partial charge in [0.15, 0.2) is 0 Å². The van der Waals surface area contributed by atoms with Crippen LogP contribution in [0.15, 0.2) is 29.2 Å². The summed E-state index contributed by atoms with van der Waals surface area (Å²) in [5.41, 5.74) is 0. The molecule has 7 nitrogen and oxygen atoms in total. The molecule has 11 heteroatoms. The molecule has 2 atom stereocenters. The van der Waals surface area contributed by atoms with Gasteiger partial charge < -0.3 is 14.7 Å². The molecule has 2 heterocycles. The molecule has 0 bridgehead atoms. The molecule has 0 aliphatic carbocycles. The fraction of sp³-hybridized carbons (Fsp3) is 0.632. The highest BCUT2D eigenvalue weighted by Crippen LogP contribution is 2.35. The van der Waals surface area contributed by atoms with Crippen LogP contribution >= 0.6 is 0 Å². The first kappa shape index (κ1) is 24.4. The van der Waals surface area contributed by atoms with Gasteiger partial charge in [-0.3, -0.25) is 0 Å². The summed E-state index contributed by atoms with van der Waals surface area (Å²) in [6.07, 6.45) is -3.51. The van der Waals surface area contributed by atoms with Gasteiger partial charge in [0.2, 0.25) is 10.0 Å². The van der Waals surface area contributed by atoms with Crippen molar-refractivity contribution in [1.29, 1.82) is 0 Å². The zero-order valence-corrected chi connectivity index (χ0v) is 17.9. The van der Waals surface area contributed by atoms with Crippen molar-refractivity contribution < 1.29 is 36.2 Å². The fourth-order valence-electron chi connectivity index (χ4n) is 3.62. The lowest BCUT2D eigenvalue weighted by Gasteiger charge is -2.28. The van der Waals surface area contributed by atoms with E-state index in [1.54, 1.807) is 25.2 Å². The van der Waals surface area contributed by atoms with Crippen molar-refractivity contribution in [1.82, 2.24) is 9.21 Å². The zero-order valence-electron chi connectivity index (χ0n) is 17.1. The van der Waals surface area contributed by atoms with Crippen LogP contribution in [-0.4, -0.2) is 73.7 Å². The third kappa shape index (κ3) is 5.86. The summed E-state index contributed by atoms with van der Waals surface area (Å²) in [6, 6.07) is 6.87. The standard InChI is InChI=1S/C17H26N2O3S.C2HF3O2/c1-13(2)12-19-10-8-14-15(9-11-19)22-16-6-4-5-7-17(16)23(20,21)18(14)3;3-2(4,5)1(6)7/h4-7,13-15H,8-12H2,1-3H3;(H,6,7)/t14-,15-;/m0./s1. The molecule has 30 heavy (non-hydrogen) atoms. The maximum absolute atomic E-state index is 12.9. The average Bonchev–Trinajstić information content (AvgIpc) is 2.86. The molecule has 1 aromatic rings. The van der Waals surface area contributed by atoms with Crippen LogP contribution in [0.2, 0.25) is 0 Å². The number of carboxylic acid groups (broad SMARTS) is 1. The highest BCUT2D eigenvalue weighted by molar-refractivity contribution is 7.89. The van der Waals surface area contributed by atoms with Gasteiger partial charge in [0.05, 0.1) is 6.04 Å². The highest BCUT2D eigenvalue weighted by Gasteiger charge is 2.41. The first-order valence-electron chi connectivity index (χ1n) is 9.60. The minimum Gasteiger partial charge on any atom is -0.487 e. The van der Waals surface area contributed by atoms with Crippen molar-refractivity contribution in [2.45, 2.75) is 49.9 Å². The van der Waals surface area contributed by atoms with Gasteiger partial charge in [0.1, 0.15) is 16.7 Å². The van der Waals surface area contributed by atoms with Crippen LogP contribution in [0, 0.1) is 5.92 Å². The summed E-state index contributed by atoms with van der Waals surface area (Å²) in [6.45, 7) is 7.35. The van der Waals surface area contributed by atoms with E-state index in [-0.39, 0.29) is 17.0 Å². The minimum atomic E-state index is -5.08. The predicted octanol–water partition coefficient (Wildman–Crippen LogP) is 2.82. The molecule has 170 valence electrons. The smallest absolute Gasteiger partial charge is 0.487 e. The van der Waals surface area contributed by atoms with Gasteiger partial charge in [0.25, 0.3) is 0 Å². The Bertz CT molecular complexity index is 845.